The quantitative estimate of drug-likeness (QED) is 0.0973. The highest BCUT2D eigenvalue weighted by atomic mass is 28.5. The van der Waals surface area contributed by atoms with Crippen LogP contribution in [0.15, 0.2) is 212 Å². The zero-order valence-electron chi connectivity index (χ0n) is 28.9. The molecular formula is C46H43O2Si3. The molecule has 0 aliphatic carbocycles. The molecule has 5 heteroatoms. The first-order valence-electron chi connectivity index (χ1n) is 17.8. The molecule has 0 fully saturated rings. The summed E-state index contributed by atoms with van der Waals surface area (Å²) in [6.45, 7) is 4.32. The Morgan fingerprint density at radius 3 is 0.902 bits per heavy atom. The van der Waals surface area contributed by atoms with Crippen LogP contribution in [0, 0.1) is 6.92 Å². The second-order valence-electron chi connectivity index (χ2n) is 12.8. The fraction of sp³-hybridized carbons (Fsp3) is 0.0652. The highest BCUT2D eigenvalue weighted by Gasteiger charge is 2.57. The first-order valence-corrected chi connectivity index (χ1v) is 23.6. The molecule has 7 aromatic carbocycles. The van der Waals surface area contributed by atoms with Gasteiger partial charge in [-0.3, -0.25) is 0 Å². The van der Waals surface area contributed by atoms with E-state index in [-0.39, 0.29) is 0 Å². The van der Waals surface area contributed by atoms with Crippen LogP contribution in [0.25, 0.3) is 0 Å². The summed E-state index contributed by atoms with van der Waals surface area (Å²) in [4.78, 5) is 0. The molecule has 0 saturated heterocycles. The van der Waals surface area contributed by atoms with Crippen LogP contribution in [0.1, 0.15) is 12.8 Å². The molecule has 0 amide bonds. The third-order valence-electron chi connectivity index (χ3n) is 9.72. The number of unbranched alkanes of at least 4 members (excludes halogenated alkanes) is 1. The second-order valence-corrected chi connectivity index (χ2v) is 23.3. The molecule has 0 heterocycles. The van der Waals surface area contributed by atoms with Crippen molar-refractivity contribution in [1.82, 2.24) is 0 Å². The Labute approximate surface area is 306 Å². The van der Waals surface area contributed by atoms with E-state index in [9.17, 15) is 0 Å². The van der Waals surface area contributed by atoms with E-state index in [1.165, 1.54) is 25.9 Å². The lowest BCUT2D eigenvalue weighted by Gasteiger charge is -2.47. The molecular weight excluding hydrogens is 669 g/mol. The van der Waals surface area contributed by atoms with Crippen LogP contribution >= 0.6 is 0 Å². The van der Waals surface area contributed by atoms with E-state index >= 15 is 0 Å². The van der Waals surface area contributed by atoms with Crippen molar-refractivity contribution < 1.29 is 8.23 Å². The van der Waals surface area contributed by atoms with E-state index in [0.29, 0.717) is 0 Å². The number of rotatable bonds is 14. The van der Waals surface area contributed by atoms with Gasteiger partial charge in [0.05, 0.1) is 0 Å². The standard InChI is InChI=1S/C46H43O2Si3/c1-2-3-39-49(40-25-11-4-12-26-40,41-27-13-5-14-28-41)47-51(45-35-21-9-22-36-45,46-37-23-10-24-38-46)48-50(42-29-15-6-16-30-42,43-31-17-7-18-32-43)44-33-19-8-20-34-44/h4-38H,1-3,39H2. The summed E-state index contributed by atoms with van der Waals surface area (Å²) in [5, 5.41) is 8.20. The Hall–Kier alpha value is -4.89. The summed E-state index contributed by atoms with van der Waals surface area (Å²) < 4.78 is 17.0. The highest BCUT2D eigenvalue weighted by Crippen LogP contribution is 2.27. The predicted molar refractivity (Wildman–Crippen MR) is 221 cm³/mol. The Morgan fingerprint density at radius 2 is 0.608 bits per heavy atom. The SMILES string of the molecule is [CH2]CCC[Si](O[Si](O[Si](c1ccccc1)(c1ccccc1)c1ccccc1)(c1ccccc1)c1ccccc1)(c1ccccc1)c1ccccc1. The van der Waals surface area contributed by atoms with Gasteiger partial charge in [0.15, 0.2) is 0 Å². The van der Waals surface area contributed by atoms with E-state index in [1.54, 1.807) is 0 Å². The van der Waals surface area contributed by atoms with Gasteiger partial charge in [0.25, 0.3) is 8.32 Å². The minimum atomic E-state index is -3.68. The Morgan fingerprint density at radius 1 is 0.333 bits per heavy atom. The average molecular weight is 712 g/mol. The smallest absolute Gasteiger partial charge is 0.387 e. The first kappa shape index (κ1) is 34.6. The van der Waals surface area contributed by atoms with Gasteiger partial charge in [-0.1, -0.05) is 232 Å². The Kier molecular flexibility index (Phi) is 10.8. The van der Waals surface area contributed by atoms with Gasteiger partial charge in [-0.05, 0) is 42.4 Å². The third kappa shape index (κ3) is 6.91. The van der Waals surface area contributed by atoms with Gasteiger partial charge in [0, 0.05) is 0 Å². The molecule has 0 aromatic heterocycles. The van der Waals surface area contributed by atoms with Gasteiger partial charge < -0.3 is 8.23 Å². The van der Waals surface area contributed by atoms with E-state index in [0.717, 1.165) is 29.3 Å². The van der Waals surface area contributed by atoms with E-state index in [1.807, 2.05) is 0 Å². The normalized spacial score (nSPS) is 12.0. The van der Waals surface area contributed by atoms with Gasteiger partial charge in [-0.25, -0.2) is 0 Å². The molecule has 0 spiro atoms. The maximum absolute atomic E-state index is 8.51. The Bertz CT molecular complexity index is 1890. The molecule has 0 N–H and O–H groups in total. The van der Waals surface area contributed by atoms with Gasteiger partial charge >= 0.3 is 8.56 Å². The highest BCUT2D eigenvalue weighted by molar-refractivity contribution is 7.15. The van der Waals surface area contributed by atoms with E-state index < -0.39 is 25.2 Å². The summed E-state index contributed by atoms with van der Waals surface area (Å²) in [5.74, 6) is 0. The molecule has 0 aliphatic heterocycles. The summed E-state index contributed by atoms with van der Waals surface area (Å²) in [5.41, 5.74) is 0. The minimum Gasteiger partial charge on any atom is -0.422 e. The molecule has 0 saturated carbocycles. The van der Waals surface area contributed by atoms with Crippen molar-refractivity contribution in [2.24, 2.45) is 0 Å². The molecule has 0 bridgehead atoms. The van der Waals surface area contributed by atoms with Crippen molar-refractivity contribution in [1.29, 1.82) is 0 Å². The molecule has 0 atom stereocenters. The van der Waals surface area contributed by atoms with Crippen molar-refractivity contribution in [3.63, 3.8) is 0 Å². The molecule has 7 aromatic rings. The summed E-state index contributed by atoms with van der Waals surface area (Å²) in [7, 11) is -10.0. The predicted octanol–water partition coefficient (Wildman–Crippen LogP) is 6.32. The van der Waals surface area contributed by atoms with Crippen LogP contribution < -0.4 is 36.3 Å². The summed E-state index contributed by atoms with van der Waals surface area (Å²) in [6, 6.07) is 77.1. The molecule has 7 rings (SSSR count). The average Bonchev–Trinajstić information content (AvgIpc) is 3.23. The maximum Gasteiger partial charge on any atom is 0.387 e. The molecule has 0 unspecified atom stereocenters. The monoisotopic (exact) mass is 711 g/mol. The van der Waals surface area contributed by atoms with Crippen LogP contribution in [0.3, 0.4) is 0 Å². The van der Waals surface area contributed by atoms with Gasteiger partial charge in [0.1, 0.15) is 0 Å². The van der Waals surface area contributed by atoms with Crippen LogP contribution in [-0.4, -0.2) is 25.2 Å². The first-order chi connectivity index (χ1) is 25.2. The zero-order valence-corrected chi connectivity index (χ0v) is 31.9. The summed E-state index contributed by atoms with van der Waals surface area (Å²) in [6.07, 6.45) is 1.75. The third-order valence-corrected chi connectivity index (χ3v) is 23.9. The lowest BCUT2D eigenvalue weighted by Crippen LogP contribution is -2.81. The summed E-state index contributed by atoms with van der Waals surface area (Å²) >= 11 is 0. The molecule has 0 aliphatic rings. The Balaban J connectivity index is 1.62. The molecule has 2 nitrogen and oxygen atoms in total. The van der Waals surface area contributed by atoms with E-state index in [4.69, 9.17) is 8.23 Å². The topological polar surface area (TPSA) is 18.5 Å². The van der Waals surface area contributed by atoms with Crippen LogP contribution in [-0.2, 0) is 8.23 Å². The number of hydrogen-bond donors (Lipinski definition) is 0. The molecule has 251 valence electrons. The maximum atomic E-state index is 8.51. The van der Waals surface area contributed by atoms with Crippen molar-refractivity contribution in [3.05, 3.63) is 219 Å². The number of benzene rings is 7. The van der Waals surface area contributed by atoms with E-state index in [2.05, 4.69) is 219 Å². The van der Waals surface area contributed by atoms with Crippen molar-refractivity contribution in [2.45, 2.75) is 18.9 Å². The van der Waals surface area contributed by atoms with Gasteiger partial charge in [-0.2, -0.15) is 0 Å². The largest absolute Gasteiger partial charge is 0.422 e. The van der Waals surface area contributed by atoms with Crippen LogP contribution in [0.2, 0.25) is 6.04 Å². The van der Waals surface area contributed by atoms with Gasteiger partial charge in [-0.15, -0.1) is 0 Å². The molecule has 1 radical (unpaired) electrons. The fourth-order valence-electron chi connectivity index (χ4n) is 7.31. The second kappa shape index (κ2) is 16.0. The number of hydrogen-bond acceptors (Lipinski definition) is 2. The van der Waals surface area contributed by atoms with Crippen molar-refractivity contribution in [3.8, 4) is 0 Å². The van der Waals surface area contributed by atoms with Gasteiger partial charge in [0.2, 0.25) is 8.32 Å². The van der Waals surface area contributed by atoms with Crippen molar-refractivity contribution >= 4 is 61.5 Å². The minimum absolute atomic E-state index is 0.820. The molecule has 51 heavy (non-hydrogen) atoms. The fourth-order valence-corrected chi connectivity index (χ4v) is 23.9. The van der Waals surface area contributed by atoms with Crippen molar-refractivity contribution in [2.75, 3.05) is 0 Å². The van der Waals surface area contributed by atoms with Crippen LogP contribution in [0.5, 0.6) is 0 Å². The lowest BCUT2D eigenvalue weighted by molar-refractivity contribution is 0.423. The van der Waals surface area contributed by atoms with Crippen LogP contribution in [0.4, 0.5) is 0 Å². The lowest BCUT2D eigenvalue weighted by atomic mass is 10.3. The zero-order chi connectivity index (χ0) is 34.8.